The highest BCUT2D eigenvalue weighted by atomic mass is 32.2. The standard InChI is InChI=1S/C20H25N5O3S2/c1-2-24-18-6-5-16(30(26,27)23-9-11-28-12-10-23)13-17(18)22-19(24)14-29-20-21-7-8-25(20)15-3-4-15/h5-8,13,15H,2-4,9-12,14H2,1H3. The van der Waals surface area contributed by atoms with Gasteiger partial charge in [0.15, 0.2) is 5.16 Å². The van der Waals surface area contributed by atoms with E-state index in [1.54, 1.807) is 23.9 Å². The Bertz CT molecular complexity index is 1160. The number of thioether (sulfide) groups is 1. The Kier molecular flexibility index (Phi) is 5.34. The molecule has 1 saturated carbocycles. The first kappa shape index (κ1) is 20.0. The summed E-state index contributed by atoms with van der Waals surface area (Å²) in [5.41, 5.74) is 1.67. The molecule has 30 heavy (non-hydrogen) atoms. The molecule has 3 heterocycles. The number of ether oxygens (including phenoxy) is 1. The Hall–Kier alpha value is -1.88. The predicted molar refractivity (Wildman–Crippen MR) is 115 cm³/mol. The minimum Gasteiger partial charge on any atom is -0.379 e. The summed E-state index contributed by atoms with van der Waals surface area (Å²) in [6.07, 6.45) is 6.34. The summed E-state index contributed by atoms with van der Waals surface area (Å²) in [4.78, 5) is 9.58. The highest BCUT2D eigenvalue weighted by Gasteiger charge is 2.28. The zero-order valence-corrected chi connectivity index (χ0v) is 18.5. The third-order valence-electron chi connectivity index (χ3n) is 5.63. The van der Waals surface area contributed by atoms with E-state index in [1.165, 1.54) is 17.1 Å². The molecule has 0 atom stereocenters. The van der Waals surface area contributed by atoms with Crippen molar-refractivity contribution in [1.29, 1.82) is 0 Å². The molecule has 2 aliphatic rings. The van der Waals surface area contributed by atoms with Crippen LogP contribution in [0.1, 0.15) is 31.6 Å². The molecule has 0 bridgehead atoms. The normalized spacial score (nSPS) is 18.3. The van der Waals surface area contributed by atoms with Gasteiger partial charge in [0.1, 0.15) is 5.82 Å². The molecule has 0 N–H and O–H groups in total. The van der Waals surface area contributed by atoms with Crippen molar-refractivity contribution in [2.45, 2.75) is 48.2 Å². The van der Waals surface area contributed by atoms with Gasteiger partial charge in [0.2, 0.25) is 10.0 Å². The van der Waals surface area contributed by atoms with Crippen molar-refractivity contribution < 1.29 is 13.2 Å². The van der Waals surface area contributed by atoms with Gasteiger partial charge in [-0.1, -0.05) is 11.8 Å². The average molecular weight is 448 g/mol. The Labute approximate surface area is 180 Å². The van der Waals surface area contributed by atoms with E-state index >= 15 is 0 Å². The predicted octanol–water partition coefficient (Wildman–Crippen LogP) is 2.90. The number of hydrogen-bond donors (Lipinski definition) is 0. The van der Waals surface area contributed by atoms with Gasteiger partial charge in [0.25, 0.3) is 0 Å². The van der Waals surface area contributed by atoms with Gasteiger partial charge in [-0.15, -0.1) is 0 Å². The zero-order chi connectivity index (χ0) is 20.7. The lowest BCUT2D eigenvalue weighted by molar-refractivity contribution is 0.0730. The highest BCUT2D eigenvalue weighted by molar-refractivity contribution is 7.98. The molecule has 0 amide bonds. The fraction of sp³-hybridized carbons (Fsp3) is 0.500. The van der Waals surface area contributed by atoms with Gasteiger partial charge >= 0.3 is 0 Å². The van der Waals surface area contributed by atoms with E-state index in [4.69, 9.17) is 9.72 Å². The number of aromatic nitrogens is 4. The van der Waals surface area contributed by atoms with Crippen molar-refractivity contribution in [2.24, 2.45) is 0 Å². The summed E-state index contributed by atoms with van der Waals surface area (Å²) in [6.45, 7) is 4.50. The fourth-order valence-electron chi connectivity index (χ4n) is 3.89. The summed E-state index contributed by atoms with van der Waals surface area (Å²) in [5, 5.41) is 1.02. The number of imidazole rings is 2. The maximum atomic E-state index is 13.0. The topological polar surface area (TPSA) is 82.2 Å². The average Bonchev–Trinajstić information content (AvgIpc) is 3.39. The molecular formula is C20H25N5O3S2. The molecule has 3 aromatic rings. The first-order valence-electron chi connectivity index (χ1n) is 10.3. The van der Waals surface area contributed by atoms with Crippen LogP contribution in [0.4, 0.5) is 0 Å². The molecule has 0 radical (unpaired) electrons. The number of nitrogens with zero attached hydrogens (tertiary/aromatic N) is 5. The fourth-order valence-corrected chi connectivity index (χ4v) is 6.29. The summed E-state index contributed by atoms with van der Waals surface area (Å²) in [5.74, 6) is 1.63. The SMILES string of the molecule is CCn1c(CSc2nccn2C2CC2)nc2cc(S(=O)(=O)N3CCOCC3)ccc21. The van der Waals surface area contributed by atoms with Crippen LogP contribution in [0.5, 0.6) is 0 Å². The molecule has 2 aromatic heterocycles. The first-order chi connectivity index (χ1) is 14.6. The van der Waals surface area contributed by atoms with E-state index in [1.807, 2.05) is 18.5 Å². The molecule has 0 spiro atoms. The molecule has 160 valence electrons. The van der Waals surface area contributed by atoms with E-state index in [-0.39, 0.29) is 0 Å². The molecule has 1 saturated heterocycles. The molecule has 5 rings (SSSR count). The van der Waals surface area contributed by atoms with Crippen molar-refractivity contribution >= 4 is 32.8 Å². The van der Waals surface area contributed by atoms with E-state index < -0.39 is 10.0 Å². The zero-order valence-electron chi connectivity index (χ0n) is 16.9. The molecule has 0 unspecified atom stereocenters. The van der Waals surface area contributed by atoms with Crippen molar-refractivity contribution in [3.8, 4) is 0 Å². The molecule has 1 aromatic carbocycles. The lowest BCUT2D eigenvalue weighted by atomic mass is 10.3. The lowest BCUT2D eigenvalue weighted by Gasteiger charge is -2.26. The second-order valence-corrected chi connectivity index (χ2v) is 10.5. The number of fused-ring (bicyclic) bond motifs is 1. The van der Waals surface area contributed by atoms with Crippen LogP contribution >= 0.6 is 11.8 Å². The van der Waals surface area contributed by atoms with E-state index in [9.17, 15) is 8.42 Å². The van der Waals surface area contributed by atoms with Gasteiger partial charge in [-0.25, -0.2) is 18.4 Å². The number of morpholine rings is 1. The van der Waals surface area contributed by atoms with Crippen molar-refractivity contribution in [1.82, 2.24) is 23.4 Å². The molecule has 1 aliphatic carbocycles. The second-order valence-electron chi connectivity index (χ2n) is 7.58. The van der Waals surface area contributed by atoms with Crippen LogP contribution < -0.4 is 0 Å². The van der Waals surface area contributed by atoms with Crippen LogP contribution in [0.15, 0.2) is 40.6 Å². The van der Waals surface area contributed by atoms with Crippen molar-refractivity contribution in [2.75, 3.05) is 26.3 Å². The van der Waals surface area contributed by atoms with Gasteiger partial charge in [-0.05, 0) is 38.0 Å². The van der Waals surface area contributed by atoms with Crippen molar-refractivity contribution in [3.05, 3.63) is 36.4 Å². The van der Waals surface area contributed by atoms with Gasteiger partial charge in [-0.3, -0.25) is 0 Å². The maximum Gasteiger partial charge on any atom is 0.243 e. The van der Waals surface area contributed by atoms with Crippen LogP contribution in [-0.4, -0.2) is 58.1 Å². The summed E-state index contributed by atoms with van der Waals surface area (Å²) < 4.78 is 37.2. The Morgan fingerprint density at radius 2 is 2.03 bits per heavy atom. The van der Waals surface area contributed by atoms with E-state index in [0.29, 0.717) is 48.5 Å². The second kappa shape index (κ2) is 7.99. The minimum absolute atomic E-state index is 0.293. The molecule has 2 fully saturated rings. The van der Waals surface area contributed by atoms with Gasteiger partial charge < -0.3 is 13.9 Å². The molecular weight excluding hydrogens is 422 g/mol. The third-order valence-corrected chi connectivity index (χ3v) is 8.50. The number of rotatable bonds is 7. The van der Waals surface area contributed by atoms with Crippen LogP contribution in [0.25, 0.3) is 11.0 Å². The largest absolute Gasteiger partial charge is 0.379 e. The van der Waals surface area contributed by atoms with Crippen LogP contribution in [0.2, 0.25) is 0 Å². The Morgan fingerprint density at radius 1 is 1.23 bits per heavy atom. The third kappa shape index (κ3) is 3.66. The molecule has 1 aliphatic heterocycles. The monoisotopic (exact) mass is 447 g/mol. The van der Waals surface area contributed by atoms with Crippen LogP contribution in [0, 0.1) is 0 Å². The minimum atomic E-state index is -3.53. The molecule has 10 heteroatoms. The van der Waals surface area contributed by atoms with Gasteiger partial charge in [-0.2, -0.15) is 4.31 Å². The summed E-state index contributed by atoms with van der Waals surface area (Å²) in [6, 6.07) is 5.86. The van der Waals surface area contributed by atoms with E-state index in [0.717, 1.165) is 23.0 Å². The van der Waals surface area contributed by atoms with Crippen LogP contribution in [0.3, 0.4) is 0 Å². The van der Waals surface area contributed by atoms with Crippen molar-refractivity contribution in [3.63, 3.8) is 0 Å². The van der Waals surface area contributed by atoms with Gasteiger partial charge in [0, 0.05) is 38.1 Å². The molecule has 8 nitrogen and oxygen atoms in total. The number of hydrogen-bond acceptors (Lipinski definition) is 6. The number of aryl methyl sites for hydroxylation is 1. The number of benzene rings is 1. The van der Waals surface area contributed by atoms with Gasteiger partial charge in [0.05, 0.1) is 34.9 Å². The van der Waals surface area contributed by atoms with Crippen LogP contribution in [-0.2, 0) is 27.1 Å². The number of sulfonamides is 1. The maximum absolute atomic E-state index is 13.0. The van der Waals surface area contributed by atoms with E-state index in [2.05, 4.69) is 21.0 Å². The Morgan fingerprint density at radius 3 is 2.77 bits per heavy atom. The smallest absolute Gasteiger partial charge is 0.243 e. The summed E-state index contributed by atoms with van der Waals surface area (Å²) in [7, 11) is -3.53. The summed E-state index contributed by atoms with van der Waals surface area (Å²) >= 11 is 1.68. The lowest BCUT2D eigenvalue weighted by Crippen LogP contribution is -2.40. The highest BCUT2D eigenvalue weighted by Crippen LogP contribution is 2.38. The quantitative estimate of drug-likeness (QED) is 0.518. The Balaban J connectivity index is 1.42. The first-order valence-corrected chi connectivity index (χ1v) is 12.7.